The lowest BCUT2D eigenvalue weighted by molar-refractivity contribution is 0.320. The van der Waals surface area contributed by atoms with Gasteiger partial charge in [0.05, 0.1) is 12.5 Å². The Labute approximate surface area is 134 Å². The summed E-state index contributed by atoms with van der Waals surface area (Å²) in [5, 5.41) is -0.135. The van der Waals surface area contributed by atoms with E-state index in [1.165, 1.54) is 19.3 Å². The van der Waals surface area contributed by atoms with E-state index in [0.717, 1.165) is 23.5 Å². The quantitative estimate of drug-likeness (QED) is 0.778. The Hall–Kier alpha value is -0.940. The third-order valence-electron chi connectivity index (χ3n) is 4.31. The summed E-state index contributed by atoms with van der Waals surface area (Å²) < 4.78 is 7.74. The highest BCUT2D eigenvalue weighted by Crippen LogP contribution is 2.45. The summed E-state index contributed by atoms with van der Waals surface area (Å²) >= 11 is 8.28. The first kappa shape index (κ1) is 15.0. The standard InChI is InChI=1S/C15H20ClN3OS/c1-10(16)13-17-11-5-6-12(20-2)18-14(11)19(13)9-15(21-3)7-4-8-15/h5-6,10H,4,7-9H2,1-3H3. The Morgan fingerprint density at radius 2 is 2.19 bits per heavy atom. The second kappa shape index (κ2) is 5.69. The molecule has 2 heterocycles. The zero-order valence-electron chi connectivity index (χ0n) is 12.6. The summed E-state index contributed by atoms with van der Waals surface area (Å²) in [6, 6.07) is 3.79. The van der Waals surface area contributed by atoms with Crippen LogP contribution in [0.25, 0.3) is 11.2 Å². The number of methoxy groups -OCH3 is 1. The van der Waals surface area contributed by atoms with Crippen molar-refractivity contribution in [3.8, 4) is 5.88 Å². The minimum Gasteiger partial charge on any atom is -0.481 e. The van der Waals surface area contributed by atoms with Crippen LogP contribution in [-0.2, 0) is 6.54 Å². The van der Waals surface area contributed by atoms with Crippen LogP contribution in [0.5, 0.6) is 5.88 Å². The molecule has 6 heteroatoms. The topological polar surface area (TPSA) is 39.9 Å². The van der Waals surface area contributed by atoms with Crippen molar-refractivity contribution >= 4 is 34.5 Å². The molecule has 3 rings (SSSR count). The van der Waals surface area contributed by atoms with Crippen LogP contribution in [0.3, 0.4) is 0 Å². The largest absolute Gasteiger partial charge is 0.481 e. The maximum Gasteiger partial charge on any atom is 0.215 e. The van der Waals surface area contributed by atoms with Crippen molar-refractivity contribution in [3.05, 3.63) is 18.0 Å². The number of nitrogens with zero attached hydrogens (tertiary/aromatic N) is 3. The average molecular weight is 326 g/mol. The summed E-state index contributed by atoms with van der Waals surface area (Å²) in [4.78, 5) is 9.25. The lowest BCUT2D eigenvalue weighted by Crippen LogP contribution is -2.38. The third kappa shape index (κ3) is 2.61. The van der Waals surface area contributed by atoms with E-state index in [1.54, 1.807) is 7.11 Å². The van der Waals surface area contributed by atoms with Crippen molar-refractivity contribution in [2.75, 3.05) is 13.4 Å². The van der Waals surface area contributed by atoms with Gasteiger partial charge in [-0.25, -0.2) is 4.98 Å². The molecule has 4 nitrogen and oxygen atoms in total. The van der Waals surface area contributed by atoms with Gasteiger partial charge in [-0.3, -0.25) is 0 Å². The van der Waals surface area contributed by atoms with Crippen LogP contribution in [0.4, 0.5) is 0 Å². The molecule has 1 atom stereocenters. The van der Waals surface area contributed by atoms with Crippen LogP contribution in [0.1, 0.15) is 37.4 Å². The zero-order valence-corrected chi connectivity index (χ0v) is 14.2. The first-order chi connectivity index (χ1) is 10.1. The highest BCUT2D eigenvalue weighted by molar-refractivity contribution is 8.00. The molecule has 1 unspecified atom stereocenters. The van der Waals surface area contributed by atoms with Gasteiger partial charge in [-0.2, -0.15) is 16.7 Å². The molecule has 0 bridgehead atoms. The molecule has 2 aromatic heterocycles. The predicted molar refractivity (Wildman–Crippen MR) is 88.4 cm³/mol. The van der Waals surface area contributed by atoms with Gasteiger partial charge in [-0.05, 0) is 32.1 Å². The smallest absolute Gasteiger partial charge is 0.215 e. The van der Waals surface area contributed by atoms with E-state index in [4.69, 9.17) is 16.3 Å². The third-order valence-corrected chi connectivity index (χ3v) is 5.90. The van der Waals surface area contributed by atoms with Gasteiger partial charge in [0.15, 0.2) is 5.65 Å². The van der Waals surface area contributed by atoms with E-state index in [9.17, 15) is 0 Å². The number of rotatable bonds is 5. The molecule has 21 heavy (non-hydrogen) atoms. The van der Waals surface area contributed by atoms with E-state index < -0.39 is 0 Å². The van der Waals surface area contributed by atoms with Crippen molar-refractivity contribution in [2.24, 2.45) is 0 Å². The number of pyridine rings is 1. The number of halogens is 1. The number of imidazole rings is 1. The average Bonchev–Trinajstić information content (AvgIpc) is 2.80. The molecule has 2 aromatic rings. The fourth-order valence-electron chi connectivity index (χ4n) is 2.86. The van der Waals surface area contributed by atoms with Crippen LogP contribution in [0, 0.1) is 0 Å². The normalized spacial score (nSPS) is 18.5. The van der Waals surface area contributed by atoms with Crippen molar-refractivity contribution < 1.29 is 4.74 Å². The van der Waals surface area contributed by atoms with Crippen molar-refractivity contribution in [2.45, 2.75) is 42.9 Å². The molecule has 1 fully saturated rings. The molecule has 114 valence electrons. The Kier molecular flexibility index (Phi) is 4.06. The molecule has 0 radical (unpaired) electrons. The fraction of sp³-hybridized carbons (Fsp3) is 0.600. The molecule has 0 spiro atoms. The van der Waals surface area contributed by atoms with Crippen LogP contribution in [-0.4, -0.2) is 32.6 Å². The van der Waals surface area contributed by atoms with E-state index in [2.05, 4.69) is 20.8 Å². The minimum atomic E-state index is -0.135. The number of aromatic nitrogens is 3. The Morgan fingerprint density at radius 1 is 1.43 bits per heavy atom. The van der Waals surface area contributed by atoms with E-state index >= 15 is 0 Å². The molecular formula is C15H20ClN3OS. The maximum absolute atomic E-state index is 6.34. The van der Waals surface area contributed by atoms with E-state index in [0.29, 0.717) is 10.6 Å². The predicted octanol–water partition coefficient (Wildman–Crippen LogP) is 4.03. The number of hydrogen-bond donors (Lipinski definition) is 0. The Bertz CT molecular complexity index is 646. The summed E-state index contributed by atoms with van der Waals surface area (Å²) in [6.07, 6.45) is 5.98. The number of thioether (sulfide) groups is 1. The molecular weight excluding hydrogens is 306 g/mol. The number of hydrogen-bond acceptors (Lipinski definition) is 4. The molecule has 0 saturated heterocycles. The number of alkyl halides is 1. The van der Waals surface area contributed by atoms with Gasteiger partial charge in [0.25, 0.3) is 0 Å². The van der Waals surface area contributed by atoms with Crippen molar-refractivity contribution in [1.82, 2.24) is 14.5 Å². The first-order valence-electron chi connectivity index (χ1n) is 7.19. The highest BCUT2D eigenvalue weighted by atomic mass is 35.5. The lowest BCUT2D eigenvalue weighted by atomic mass is 9.84. The van der Waals surface area contributed by atoms with Crippen LogP contribution >= 0.6 is 23.4 Å². The molecule has 0 amide bonds. The number of fused-ring (bicyclic) bond motifs is 1. The zero-order chi connectivity index (χ0) is 15.0. The lowest BCUT2D eigenvalue weighted by Gasteiger charge is -2.41. The fourth-order valence-corrected chi connectivity index (χ4v) is 3.98. The van der Waals surface area contributed by atoms with E-state index in [1.807, 2.05) is 30.8 Å². The monoisotopic (exact) mass is 325 g/mol. The molecule has 0 aromatic carbocycles. The first-order valence-corrected chi connectivity index (χ1v) is 8.85. The van der Waals surface area contributed by atoms with Crippen molar-refractivity contribution in [3.63, 3.8) is 0 Å². The van der Waals surface area contributed by atoms with Crippen LogP contribution in [0.15, 0.2) is 12.1 Å². The van der Waals surface area contributed by atoms with Gasteiger partial charge in [-0.1, -0.05) is 6.42 Å². The molecule has 1 aliphatic rings. The van der Waals surface area contributed by atoms with Gasteiger partial charge in [0, 0.05) is 17.4 Å². The second-order valence-electron chi connectivity index (χ2n) is 5.61. The van der Waals surface area contributed by atoms with Gasteiger partial charge < -0.3 is 9.30 Å². The van der Waals surface area contributed by atoms with Gasteiger partial charge in [0.1, 0.15) is 11.3 Å². The van der Waals surface area contributed by atoms with Gasteiger partial charge in [0.2, 0.25) is 5.88 Å². The Morgan fingerprint density at radius 3 is 2.71 bits per heavy atom. The SMILES string of the molecule is COc1ccc2nc(C(C)Cl)n(CC3(SC)CCC3)c2n1. The molecule has 0 N–H and O–H groups in total. The molecule has 0 aliphatic heterocycles. The maximum atomic E-state index is 6.34. The summed E-state index contributed by atoms with van der Waals surface area (Å²) in [7, 11) is 1.63. The summed E-state index contributed by atoms with van der Waals surface area (Å²) in [5.41, 5.74) is 1.76. The minimum absolute atomic E-state index is 0.135. The number of ether oxygens (including phenoxy) is 1. The highest BCUT2D eigenvalue weighted by Gasteiger charge is 2.38. The van der Waals surface area contributed by atoms with Crippen LogP contribution < -0.4 is 4.74 Å². The van der Waals surface area contributed by atoms with Crippen LogP contribution in [0.2, 0.25) is 0 Å². The summed E-state index contributed by atoms with van der Waals surface area (Å²) in [6.45, 7) is 2.88. The molecule has 1 aliphatic carbocycles. The van der Waals surface area contributed by atoms with Gasteiger partial charge >= 0.3 is 0 Å². The second-order valence-corrected chi connectivity index (χ2v) is 7.54. The van der Waals surface area contributed by atoms with Crippen molar-refractivity contribution in [1.29, 1.82) is 0 Å². The summed E-state index contributed by atoms with van der Waals surface area (Å²) in [5.74, 6) is 1.51. The molecule has 1 saturated carbocycles. The van der Waals surface area contributed by atoms with E-state index in [-0.39, 0.29) is 5.38 Å². The van der Waals surface area contributed by atoms with Gasteiger partial charge in [-0.15, -0.1) is 11.6 Å². The Balaban J connectivity index is 2.10.